The Balaban J connectivity index is 1.42. The van der Waals surface area contributed by atoms with Crippen molar-refractivity contribution in [3.63, 3.8) is 0 Å². The lowest BCUT2D eigenvalue weighted by molar-refractivity contribution is -0.132. The van der Waals surface area contributed by atoms with Crippen molar-refractivity contribution in [2.45, 2.75) is 13.1 Å². The number of piperazine rings is 1. The molecule has 0 bridgehead atoms. The van der Waals surface area contributed by atoms with Crippen molar-refractivity contribution >= 4 is 17.5 Å². The number of amides is 1. The fourth-order valence-electron chi connectivity index (χ4n) is 3.26. The average Bonchev–Trinajstić information content (AvgIpc) is 2.64. The van der Waals surface area contributed by atoms with Crippen LogP contribution in [0, 0.1) is 0 Å². The molecular formula is C21H26ClN3O. The predicted molar refractivity (Wildman–Crippen MR) is 106 cm³/mol. The zero-order chi connectivity index (χ0) is 18.4. The molecule has 5 heteroatoms. The molecule has 1 aliphatic heterocycles. The highest BCUT2D eigenvalue weighted by molar-refractivity contribution is 6.30. The lowest BCUT2D eigenvalue weighted by Crippen LogP contribution is -2.49. The van der Waals surface area contributed by atoms with Crippen molar-refractivity contribution in [2.24, 2.45) is 0 Å². The maximum atomic E-state index is 12.5. The number of hydrogen-bond acceptors (Lipinski definition) is 3. The fraction of sp³-hybridized carbons (Fsp3) is 0.381. The van der Waals surface area contributed by atoms with Gasteiger partial charge in [-0.3, -0.25) is 14.6 Å². The summed E-state index contributed by atoms with van der Waals surface area (Å²) in [6, 6.07) is 18.1. The monoisotopic (exact) mass is 371 g/mol. The first-order valence-electron chi connectivity index (χ1n) is 9.07. The summed E-state index contributed by atoms with van der Waals surface area (Å²) in [5, 5.41) is 0.785. The van der Waals surface area contributed by atoms with Gasteiger partial charge >= 0.3 is 0 Å². The summed E-state index contributed by atoms with van der Waals surface area (Å²) < 4.78 is 0. The second kappa shape index (κ2) is 9.17. The molecule has 1 fully saturated rings. The summed E-state index contributed by atoms with van der Waals surface area (Å²) in [5.41, 5.74) is 2.40. The highest BCUT2D eigenvalue weighted by Crippen LogP contribution is 2.14. The number of carbonyl (C=O) groups excluding carboxylic acids is 1. The molecule has 0 spiro atoms. The molecule has 0 radical (unpaired) electrons. The third-order valence-corrected chi connectivity index (χ3v) is 5.04. The molecule has 26 heavy (non-hydrogen) atoms. The molecule has 0 N–H and O–H groups in total. The Hall–Kier alpha value is -1.88. The van der Waals surface area contributed by atoms with E-state index in [2.05, 4.69) is 28.0 Å². The van der Waals surface area contributed by atoms with E-state index in [9.17, 15) is 4.79 Å². The molecule has 4 nitrogen and oxygen atoms in total. The van der Waals surface area contributed by atoms with Crippen LogP contribution in [0.4, 0.5) is 0 Å². The number of carbonyl (C=O) groups is 1. The standard InChI is InChI=1S/C21H26ClN3O/c1-23(15-18-6-3-2-4-7-18)21(26)17-25-12-10-24(11-13-25)16-19-8-5-9-20(22)14-19/h2-9,14H,10-13,15-17H2,1H3. The van der Waals surface area contributed by atoms with E-state index >= 15 is 0 Å². The van der Waals surface area contributed by atoms with Crippen LogP contribution in [0.15, 0.2) is 54.6 Å². The van der Waals surface area contributed by atoms with Crippen molar-refractivity contribution in [2.75, 3.05) is 39.8 Å². The molecule has 3 rings (SSSR count). The average molecular weight is 372 g/mol. The van der Waals surface area contributed by atoms with Gasteiger partial charge in [0.15, 0.2) is 0 Å². The van der Waals surface area contributed by atoms with Crippen molar-refractivity contribution in [1.29, 1.82) is 0 Å². The molecule has 1 saturated heterocycles. The van der Waals surface area contributed by atoms with Gasteiger partial charge in [0.2, 0.25) is 5.91 Å². The lowest BCUT2D eigenvalue weighted by Gasteiger charge is -2.35. The van der Waals surface area contributed by atoms with Crippen LogP contribution in [-0.2, 0) is 17.9 Å². The molecule has 1 heterocycles. The van der Waals surface area contributed by atoms with E-state index in [0.717, 1.165) is 43.3 Å². The molecule has 0 saturated carbocycles. The SMILES string of the molecule is CN(Cc1ccccc1)C(=O)CN1CCN(Cc2cccc(Cl)c2)CC1. The van der Waals surface area contributed by atoms with Crippen LogP contribution in [0.2, 0.25) is 5.02 Å². The summed E-state index contributed by atoms with van der Waals surface area (Å²) in [5.74, 6) is 0.178. The minimum absolute atomic E-state index is 0.178. The van der Waals surface area contributed by atoms with E-state index in [1.54, 1.807) is 0 Å². The van der Waals surface area contributed by atoms with Gasteiger partial charge < -0.3 is 4.90 Å². The van der Waals surface area contributed by atoms with Crippen molar-refractivity contribution < 1.29 is 4.79 Å². The normalized spacial score (nSPS) is 15.8. The van der Waals surface area contributed by atoms with Crippen LogP contribution >= 0.6 is 11.6 Å². The van der Waals surface area contributed by atoms with Crippen LogP contribution in [0.25, 0.3) is 0 Å². The zero-order valence-corrected chi connectivity index (χ0v) is 16.0. The summed E-state index contributed by atoms with van der Waals surface area (Å²) in [6.07, 6.45) is 0. The molecule has 2 aromatic rings. The summed E-state index contributed by atoms with van der Waals surface area (Å²) in [4.78, 5) is 19.0. The minimum atomic E-state index is 0.178. The van der Waals surface area contributed by atoms with Gasteiger partial charge in [0.25, 0.3) is 0 Å². The van der Waals surface area contributed by atoms with Gasteiger partial charge in [-0.25, -0.2) is 0 Å². The Kier molecular flexibility index (Phi) is 6.67. The first-order chi connectivity index (χ1) is 12.6. The molecule has 1 amide bonds. The summed E-state index contributed by atoms with van der Waals surface area (Å²) in [7, 11) is 1.88. The number of benzene rings is 2. The van der Waals surface area contributed by atoms with E-state index in [1.165, 1.54) is 5.56 Å². The van der Waals surface area contributed by atoms with Crippen molar-refractivity contribution in [3.8, 4) is 0 Å². The molecule has 138 valence electrons. The summed E-state index contributed by atoms with van der Waals surface area (Å²) >= 11 is 6.06. The van der Waals surface area contributed by atoms with Gasteiger partial charge in [-0.15, -0.1) is 0 Å². The third kappa shape index (κ3) is 5.56. The van der Waals surface area contributed by atoms with E-state index in [-0.39, 0.29) is 5.91 Å². The quantitative estimate of drug-likeness (QED) is 0.780. The van der Waals surface area contributed by atoms with Gasteiger partial charge in [-0.05, 0) is 23.3 Å². The number of likely N-dealkylation sites (N-methyl/N-ethyl adjacent to an activating group) is 1. The van der Waals surface area contributed by atoms with Crippen LogP contribution in [0.3, 0.4) is 0 Å². The number of hydrogen-bond donors (Lipinski definition) is 0. The summed E-state index contributed by atoms with van der Waals surface area (Å²) in [6.45, 7) is 5.86. The van der Waals surface area contributed by atoms with E-state index in [0.29, 0.717) is 13.1 Å². The first-order valence-corrected chi connectivity index (χ1v) is 9.45. The van der Waals surface area contributed by atoms with Crippen LogP contribution in [0.1, 0.15) is 11.1 Å². The topological polar surface area (TPSA) is 26.8 Å². The highest BCUT2D eigenvalue weighted by Gasteiger charge is 2.20. The van der Waals surface area contributed by atoms with Crippen LogP contribution in [0.5, 0.6) is 0 Å². The predicted octanol–water partition coefficient (Wildman–Crippen LogP) is 3.12. The van der Waals surface area contributed by atoms with Gasteiger partial charge in [-0.2, -0.15) is 0 Å². The second-order valence-corrected chi connectivity index (χ2v) is 7.35. The maximum Gasteiger partial charge on any atom is 0.236 e. The largest absolute Gasteiger partial charge is 0.340 e. The smallest absolute Gasteiger partial charge is 0.236 e. The van der Waals surface area contributed by atoms with E-state index < -0.39 is 0 Å². The molecular weight excluding hydrogens is 346 g/mol. The maximum absolute atomic E-state index is 12.5. The number of halogens is 1. The van der Waals surface area contributed by atoms with Gasteiger partial charge in [0.1, 0.15) is 0 Å². The van der Waals surface area contributed by atoms with E-state index in [4.69, 9.17) is 11.6 Å². The Labute approximate surface area is 161 Å². The fourth-order valence-corrected chi connectivity index (χ4v) is 3.47. The minimum Gasteiger partial charge on any atom is -0.340 e. The van der Waals surface area contributed by atoms with Crippen molar-refractivity contribution in [1.82, 2.24) is 14.7 Å². The first kappa shape index (κ1) is 18.9. The Bertz CT molecular complexity index is 714. The molecule has 0 aliphatic carbocycles. The zero-order valence-electron chi connectivity index (χ0n) is 15.3. The van der Waals surface area contributed by atoms with Gasteiger partial charge in [0.05, 0.1) is 6.54 Å². The molecule has 1 aliphatic rings. The molecule has 0 unspecified atom stereocenters. The van der Waals surface area contributed by atoms with Gasteiger partial charge in [-0.1, -0.05) is 54.1 Å². The highest BCUT2D eigenvalue weighted by atomic mass is 35.5. The number of rotatable bonds is 6. The van der Waals surface area contributed by atoms with Crippen LogP contribution in [-0.4, -0.2) is 60.4 Å². The third-order valence-electron chi connectivity index (χ3n) is 4.81. The van der Waals surface area contributed by atoms with Crippen molar-refractivity contribution in [3.05, 3.63) is 70.7 Å². The Morgan fingerprint density at radius 1 is 0.962 bits per heavy atom. The second-order valence-electron chi connectivity index (χ2n) is 6.92. The Morgan fingerprint density at radius 3 is 2.31 bits per heavy atom. The lowest BCUT2D eigenvalue weighted by atomic mass is 10.2. The van der Waals surface area contributed by atoms with E-state index in [1.807, 2.05) is 48.3 Å². The molecule has 0 aromatic heterocycles. The Morgan fingerprint density at radius 2 is 1.62 bits per heavy atom. The molecule has 2 aromatic carbocycles. The number of nitrogens with zero attached hydrogens (tertiary/aromatic N) is 3. The van der Waals surface area contributed by atoms with Crippen LogP contribution < -0.4 is 0 Å². The molecule has 0 atom stereocenters. The van der Waals surface area contributed by atoms with Gasteiger partial charge in [0, 0.05) is 51.3 Å².